The molecule has 1 unspecified atom stereocenters. The van der Waals surface area contributed by atoms with Crippen LogP contribution in [0.5, 0.6) is 0 Å². The van der Waals surface area contributed by atoms with Crippen molar-refractivity contribution in [2.24, 2.45) is 0 Å². The molecule has 1 saturated heterocycles. The summed E-state index contributed by atoms with van der Waals surface area (Å²) in [5.74, 6) is 0.955. The fourth-order valence-corrected chi connectivity index (χ4v) is 2.15. The van der Waals surface area contributed by atoms with E-state index in [-0.39, 0.29) is 6.04 Å². The van der Waals surface area contributed by atoms with Crippen molar-refractivity contribution in [3.05, 3.63) is 36.5 Å². The Kier molecular flexibility index (Phi) is 3.08. The number of ether oxygens (including phenoxy) is 1. The largest absolute Gasteiger partial charge is 0.378 e. The van der Waals surface area contributed by atoms with Crippen molar-refractivity contribution >= 4 is 0 Å². The van der Waals surface area contributed by atoms with Gasteiger partial charge in [0.1, 0.15) is 5.82 Å². The van der Waals surface area contributed by atoms with Gasteiger partial charge in [0.05, 0.1) is 31.1 Å². The molecule has 1 atom stereocenters. The van der Waals surface area contributed by atoms with Crippen LogP contribution in [0.1, 0.15) is 11.9 Å². The molecule has 18 heavy (non-hydrogen) atoms. The zero-order valence-corrected chi connectivity index (χ0v) is 10.3. The average Bonchev–Trinajstić information content (AvgIpc) is 2.90. The van der Waals surface area contributed by atoms with Gasteiger partial charge >= 0.3 is 0 Å². The van der Waals surface area contributed by atoms with Gasteiger partial charge in [0.25, 0.3) is 0 Å². The summed E-state index contributed by atoms with van der Waals surface area (Å²) < 4.78 is 5.51. The summed E-state index contributed by atoms with van der Waals surface area (Å²) in [6, 6.07) is 4.15. The first kappa shape index (κ1) is 11.4. The first-order valence-electron chi connectivity index (χ1n) is 6.08. The van der Waals surface area contributed by atoms with Gasteiger partial charge in [-0.15, -0.1) is 0 Å². The number of nitrogens with one attached hydrogen (secondary N) is 1. The fourth-order valence-electron chi connectivity index (χ4n) is 2.15. The van der Waals surface area contributed by atoms with E-state index in [0.717, 1.165) is 30.2 Å². The van der Waals surface area contributed by atoms with E-state index in [1.807, 2.05) is 24.5 Å². The third-order valence-corrected chi connectivity index (χ3v) is 3.28. The van der Waals surface area contributed by atoms with Gasteiger partial charge in [-0.05, 0) is 19.2 Å². The lowest BCUT2D eigenvalue weighted by Crippen LogP contribution is -2.37. The molecule has 0 saturated carbocycles. The third-order valence-electron chi connectivity index (χ3n) is 3.28. The molecule has 3 rings (SSSR count). The standard InChI is InChI=1S/C13H16N4O/c1-17-5-6-18-9-12(17)13-15-8-11(16-13)10-3-2-4-14-7-10/h2-4,7-8,12H,5-6,9H2,1H3,(H,15,16). The van der Waals surface area contributed by atoms with Crippen LogP contribution in [-0.4, -0.2) is 46.7 Å². The number of imidazole rings is 1. The maximum absolute atomic E-state index is 5.51. The summed E-state index contributed by atoms with van der Waals surface area (Å²) in [6.45, 7) is 2.42. The minimum atomic E-state index is 0.212. The van der Waals surface area contributed by atoms with E-state index in [9.17, 15) is 0 Å². The van der Waals surface area contributed by atoms with E-state index in [2.05, 4.69) is 26.9 Å². The number of hydrogen-bond donors (Lipinski definition) is 1. The predicted octanol–water partition coefficient (Wildman–Crippen LogP) is 1.47. The molecule has 1 N–H and O–H groups in total. The van der Waals surface area contributed by atoms with Crippen molar-refractivity contribution in [3.8, 4) is 11.3 Å². The molecule has 2 aromatic heterocycles. The highest BCUT2D eigenvalue weighted by Gasteiger charge is 2.23. The quantitative estimate of drug-likeness (QED) is 0.869. The zero-order chi connectivity index (χ0) is 12.4. The second-order valence-corrected chi connectivity index (χ2v) is 4.50. The Morgan fingerprint density at radius 2 is 2.39 bits per heavy atom. The lowest BCUT2D eigenvalue weighted by Gasteiger charge is -2.30. The fraction of sp³-hybridized carbons (Fsp3) is 0.385. The van der Waals surface area contributed by atoms with Gasteiger partial charge < -0.3 is 9.72 Å². The van der Waals surface area contributed by atoms with E-state index >= 15 is 0 Å². The van der Waals surface area contributed by atoms with E-state index in [1.165, 1.54) is 0 Å². The molecule has 0 aliphatic carbocycles. The summed E-state index contributed by atoms with van der Waals surface area (Å²) in [5.41, 5.74) is 2.05. The molecule has 1 aliphatic rings. The normalized spacial score (nSPS) is 21.1. The van der Waals surface area contributed by atoms with Crippen LogP contribution in [0.3, 0.4) is 0 Å². The minimum Gasteiger partial charge on any atom is -0.378 e. The number of rotatable bonds is 2. The van der Waals surface area contributed by atoms with Crippen LogP contribution < -0.4 is 0 Å². The Hall–Kier alpha value is -1.72. The maximum Gasteiger partial charge on any atom is 0.126 e. The maximum atomic E-state index is 5.51. The first-order valence-corrected chi connectivity index (χ1v) is 6.08. The van der Waals surface area contributed by atoms with Gasteiger partial charge in [-0.2, -0.15) is 0 Å². The van der Waals surface area contributed by atoms with Crippen molar-refractivity contribution in [2.45, 2.75) is 6.04 Å². The number of morpholine rings is 1. The average molecular weight is 244 g/mol. The second kappa shape index (κ2) is 4.88. The van der Waals surface area contributed by atoms with Gasteiger partial charge in [-0.25, -0.2) is 4.98 Å². The summed E-state index contributed by atoms with van der Waals surface area (Å²) in [4.78, 5) is 14.2. The number of nitrogens with zero attached hydrogens (tertiary/aromatic N) is 3. The van der Waals surface area contributed by atoms with Crippen molar-refractivity contribution in [2.75, 3.05) is 26.8 Å². The molecular weight excluding hydrogens is 228 g/mol. The lowest BCUT2D eigenvalue weighted by molar-refractivity contribution is 0.00215. The Balaban J connectivity index is 1.85. The Labute approximate surface area is 106 Å². The van der Waals surface area contributed by atoms with Crippen LogP contribution in [0.25, 0.3) is 11.3 Å². The van der Waals surface area contributed by atoms with E-state index in [4.69, 9.17) is 4.74 Å². The highest BCUT2D eigenvalue weighted by atomic mass is 16.5. The van der Waals surface area contributed by atoms with Gasteiger partial charge in [0.15, 0.2) is 0 Å². The molecule has 0 spiro atoms. The van der Waals surface area contributed by atoms with Crippen LogP contribution >= 0.6 is 0 Å². The Bertz CT molecular complexity index is 511. The van der Waals surface area contributed by atoms with Crippen LogP contribution in [-0.2, 0) is 4.74 Å². The minimum absolute atomic E-state index is 0.212. The predicted molar refractivity (Wildman–Crippen MR) is 68.0 cm³/mol. The summed E-state index contributed by atoms with van der Waals surface area (Å²) in [5, 5.41) is 0. The third kappa shape index (κ3) is 2.14. The van der Waals surface area contributed by atoms with Crippen LogP contribution in [0.15, 0.2) is 30.7 Å². The van der Waals surface area contributed by atoms with Crippen molar-refractivity contribution < 1.29 is 4.74 Å². The number of pyridine rings is 1. The number of H-pyrrole nitrogens is 1. The van der Waals surface area contributed by atoms with Gasteiger partial charge in [-0.3, -0.25) is 9.88 Å². The number of aromatic amines is 1. The highest BCUT2D eigenvalue weighted by molar-refractivity contribution is 5.56. The van der Waals surface area contributed by atoms with Crippen LogP contribution in [0.4, 0.5) is 0 Å². The lowest BCUT2D eigenvalue weighted by atomic mass is 10.2. The monoisotopic (exact) mass is 244 g/mol. The molecule has 0 bridgehead atoms. The molecule has 5 nitrogen and oxygen atoms in total. The number of hydrogen-bond acceptors (Lipinski definition) is 4. The first-order chi connectivity index (χ1) is 8.84. The highest BCUT2D eigenvalue weighted by Crippen LogP contribution is 2.23. The molecule has 94 valence electrons. The van der Waals surface area contributed by atoms with Crippen molar-refractivity contribution in [1.29, 1.82) is 0 Å². The SMILES string of the molecule is CN1CCOCC1c1ncc(-c2cccnc2)[nH]1. The molecule has 0 radical (unpaired) electrons. The number of aromatic nitrogens is 3. The molecule has 3 heterocycles. The molecule has 1 aliphatic heterocycles. The number of likely N-dealkylation sites (N-methyl/N-ethyl adjacent to an activating group) is 1. The molecule has 0 aromatic carbocycles. The van der Waals surface area contributed by atoms with E-state index in [1.54, 1.807) is 6.20 Å². The van der Waals surface area contributed by atoms with Gasteiger partial charge in [0.2, 0.25) is 0 Å². The zero-order valence-electron chi connectivity index (χ0n) is 10.3. The topological polar surface area (TPSA) is 54.0 Å². The second-order valence-electron chi connectivity index (χ2n) is 4.50. The van der Waals surface area contributed by atoms with Crippen molar-refractivity contribution in [1.82, 2.24) is 19.9 Å². The smallest absolute Gasteiger partial charge is 0.126 e. The van der Waals surface area contributed by atoms with Gasteiger partial charge in [-0.1, -0.05) is 0 Å². The van der Waals surface area contributed by atoms with E-state index in [0.29, 0.717) is 6.61 Å². The molecule has 5 heteroatoms. The molecule has 0 amide bonds. The molecule has 2 aromatic rings. The summed E-state index contributed by atoms with van der Waals surface area (Å²) in [7, 11) is 2.10. The van der Waals surface area contributed by atoms with Gasteiger partial charge in [0, 0.05) is 24.5 Å². The Morgan fingerprint density at radius 3 is 3.17 bits per heavy atom. The van der Waals surface area contributed by atoms with Crippen molar-refractivity contribution in [3.63, 3.8) is 0 Å². The van der Waals surface area contributed by atoms with Crippen LogP contribution in [0, 0.1) is 0 Å². The summed E-state index contributed by atoms with van der Waals surface area (Å²) >= 11 is 0. The molecule has 1 fully saturated rings. The summed E-state index contributed by atoms with van der Waals surface area (Å²) in [6.07, 6.45) is 5.46. The molecular formula is C13H16N4O. The van der Waals surface area contributed by atoms with E-state index < -0.39 is 0 Å². The Morgan fingerprint density at radius 1 is 1.44 bits per heavy atom. The van der Waals surface area contributed by atoms with Crippen LogP contribution in [0.2, 0.25) is 0 Å².